The Kier molecular flexibility index (Phi) is 4.06. The van der Waals surface area contributed by atoms with Crippen LogP contribution in [0.4, 0.5) is 0 Å². The van der Waals surface area contributed by atoms with E-state index < -0.39 is 0 Å². The van der Waals surface area contributed by atoms with E-state index in [1.165, 1.54) is 0 Å². The molecule has 1 rings (SSSR count). The minimum absolute atomic E-state index is 0.0595. The summed E-state index contributed by atoms with van der Waals surface area (Å²) in [6.07, 6.45) is 3.69. The van der Waals surface area contributed by atoms with E-state index in [9.17, 15) is 4.79 Å². The molecule has 0 aliphatic carbocycles. The maximum atomic E-state index is 11.4. The second kappa shape index (κ2) is 4.86. The summed E-state index contributed by atoms with van der Waals surface area (Å²) < 4.78 is 0. The molecular weight excluding hydrogens is 184 g/mol. The Morgan fingerprint density at radius 2 is 2.46 bits per heavy atom. The molecule has 0 bridgehead atoms. The lowest BCUT2D eigenvalue weighted by atomic mass is 10.2. The molecule has 2 N–H and O–H groups in total. The first-order chi connectivity index (χ1) is 6.15. The molecule has 3 nitrogen and oxygen atoms in total. The molecule has 4 heteroatoms. The van der Waals surface area contributed by atoms with Crippen molar-refractivity contribution in [1.29, 1.82) is 0 Å². The lowest BCUT2D eigenvalue weighted by molar-refractivity contribution is -0.129. The Morgan fingerprint density at radius 1 is 1.77 bits per heavy atom. The van der Waals surface area contributed by atoms with Crippen LogP contribution in [0.25, 0.3) is 0 Å². The summed E-state index contributed by atoms with van der Waals surface area (Å²) in [6, 6.07) is 0.415. The average molecular weight is 202 g/mol. The minimum Gasteiger partial charge on any atom is -0.338 e. The maximum Gasteiger partial charge on any atom is 0.224 e. The summed E-state index contributed by atoms with van der Waals surface area (Å²) in [6.45, 7) is 2.85. The summed E-state index contributed by atoms with van der Waals surface area (Å²) in [4.78, 5) is 13.3. The lowest BCUT2D eigenvalue weighted by Gasteiger charge is -2.24. The van der Waals surface area contributed by atoms with Gasteiger partial charge in [-0.05, 0) is 25.4 Å². The topological polar surface area (TPSA) is 46.3 Å². The summed E-state index contributed by atoms with van der Waals surface area (Å²) in [7, 11) is 0. The molecule has 1 aliphatic rings. The van der Waals surface area contributed by atoms with Gasteiger partial charge in [0.2, 0.25) is 5.91 Å². The number of hydrogen-bond donors (Lipinski definition) is 1. The summed E-state index contributed by atoms with van der Waals surface area (Å²) >= 11 is 1.82. The van der Waals surface area contributed by atoms with Crippen molar-refractivity contribution in [2.75, 3.05) is 18.6 Å². The van der Waals surface area contributed by atoms with Crippen LogP contribution in [0.1, 0.15) is 19.8 Å². The number of carbonyl (C=O) groups excluding carboxylic acids is 1. The van der Waals surface area contributed by atoms with Gasteiger partial charge in [-0.1, -0.05) is 0 Å². The zero-order chi connectivity index (χ0) is 9.84. The van der Waals surface area contributed by atoms with Crippen LogP contribution in [0, 0.1) is 0 Å². The van der Waals surface area contributed by atoms with Crippen molar-refractivity contribution in [3.63, 3.8) is 0 Å². The first-order valence-corrected chi connectivity index (χ1v) is 6.08. The highest BCUT2D eigenvalue weighted by atomic mass is 32.2. The molecule has 0 aromatic rings. The molecule has 1 saturated heterocycles. The van der Waals surface area contributed by atoms with Crippen LogP contribution >= 0.6 is 11.8 Å². The molecule has 0 aromatic carbocycles. The molecule has 2 unspecified atom stereocenters. The number of thioether (sulfide) groups is 1. The zero-order valence-corrected chi connectivity index (χ0v) is 9.14. The van der Waals surface area contributed by atoms with Gasteiger partial charge >= 0.3 is 0 Å². The summed E-state index contributed by atoms with van der Waals surface area (Å²) in [5, 5.41) is 0. The highest BCUT2D eigenvalue weighted by Gasteiger charge is 2.29. The Hall–Kier alpha value is -0.220. The number of likely N-dealkylation sites (tertiary alicyclic amines) is 1. The van der Waals surface area contributed by atoms with Crippen LogP contribution in [0.3, 0.4) is 0 Å². The third kappa shape index (κ3) is 2.88. The van der Waals surface area contributed by atoms with Gasteiger partial charge < -0.3 is 10.6 Å². The van der Waals surface area contributed by atoms with Crippen molar-refractivity contribution in [2.45, 2.75) is 31.8 Å². The fraction of sp³-hybridized carbons (Fsp3) is 0.889. The highest BCUT2D eigenvalue weighted by Crippen LogP contribution is 2.16. The number of carbonyl (C=O) groups is 1. The Labute approximate surface area is 84.0 Å². The molecular formula is C9H18N2OS. The highest BCUT2D eigenvalue weighted by molar-refractivity contribution is 7.98. The fourth-order valence-electron chi connectivity index (χ4n) is 1.63. The molecule has 13 heavy (non-hydrogen) atoms. The van der Waals surface area contributed by atoms with E-state index in [1.54, 1.807) is 0 Å². The summed E-state index contributed by atoms with van der Waals surface area (Å²) in [5.41, 5.74) is 5.71. The Bertz CT molecular complexity index is 186. The fourth-order valence-corrected chi connectivity index (χ4v) is 2.21. The van der Waals surface area contributed by atoms with Crippen molar-refractivity contribution < 1.29 is 4.79 Å². The SMILES string of the molecule is CSCCC(C)N1CC(N)CC1=O. The predicted molar refractivity (Wildman–Crippen MR) is 56.8 cm³/mol. The monoisotopic (exact) mass is 202 g/mol. The van der Waals surface area contributed by atoms with E-state index in [-0.39, 0.29) is 11.9 Å². The van der Waals surface area contributed by atoms with Gasteiger partial charge in [0.25, 0.3) is 0 Å². The molecule has 1 heterocycles. The largest absolute Gasteiger partial charge is 0.338 e. The van der Waals surface area contributed by atoms with E-state index in [0.717, 1.165) is 18.7 Å². The Balaban J connectivity index is 2.38. The number of rotatable bonds is 4. The second-order valence-corrected chi connectivity index (χ2v) is 4.63. The smallest absolute Gasteiger partial charge is 0.224 e. The predicted octanol–water partition coefficient (Wildman–Crippen LogP) is 0.688. The minimum atomic E-state index is 0.0595. The zero-order valence-electron chi connectivity index (χ0n) is 8.32. The van der Waals surface area contributed by atoms with Crippen LogP contribution in [0.15, 0.2) is 0 Å². The van der Waals surface area contributed by atoms with Crippen LogP contribution in [0.2, 0.25) is 0 Å². The molecule has 0 spiro atoms. The van der Waals surface area contributed by atoms with Gasteiger partial charge in [-0.3, -0.25) is 4.79 Å². The van der Waals surface area contributed by atoms with E-state index >= 15 is 0 Å². The van der Waals surface area contributed by atoms with Crippen LogP contribution in [-0.4, -0.2) is 41.4 Å². The molecule has 76 valence electrons. The van der Waals surface area contributed by atoms with E-state index in [1.807, 2.05) is 16.7 Å². The lowest BCUT2D eigenvalue weighted by Crippen LogP contribution is -2.36. The first kappa shape index (κ1) is 10.9. The van der Waals surface area contributed by atoms with Crippen molar-refractivity contribution in [2.24, 2.45) is 5.73 Å². The van der Waals surface area contributed by atoms with Crippen molar-refractivity contribution in [3.8, 4) is 0 Å². The van der Waals surface area contributed by atoms with Gasteiger partial charge in [0.1, 0.15) is 0 Å². The third-order valence-electron chi connectivity index (χ3n) is 2.46. The maximum absolute atomic E-state index is 11.4. The van der Waals surface area contributed by atoms with Gasteiger partial charge in [0, 0.05) is 25.0 Å². The molecule has 0 aromatic heterocycles. The quantitative estimate of drug-likeness (QED) is 0.729. The van der Waals surface area contributed by atoms with Gasteiger partial charge in [0.15, 0.2) is 0 Å². The average Bonchev–Trinajstić information content (AvgIpc) is 2.41. The molecule has 1 fully saturated rings. The number of nitrogens with two attached hydrogens (primary N) is 1. The molecule has 0 radical (unpaired) electrons. The number of hydrogen-bond acceptors (Lipinski definition) is 3. The van der Waals surface area contributed by atoms with Crippen LogP contribution in [-0.2, 0) is 4.79 Å². The Morgan fingerprint density at radius 3 is 2.92 bits per heavy atom. The van der Waals surface area contributed by atoms with Gasteiger partial charge in [-0.25, -0.2) is 0 Å². The van der Waals surface area contributed by atoms with Crippen LogP contribution < -0.4 is 5.73 Å². The second-order valence-electron chi connectivity index (χ2n) is 3.64. The number of amides is 1. The van der Waals surface area contributed by atoms with Crippen LogP contribution in [0.5, 0.6) is 0 Å². The van der Waals surface area contributed by atoms with Crippen molar-refractivity contribution >= 4 is 17.7 Å². The molecule has 2 atom stereocenters. The third-order valence-corrected chi connectivity index (χ3v) is 3.10. The standard InChI is InChI=1S/C9H18N2OS/c1-7(3-4-13-2)11-6-8(10)5-9(11)12/h7-8H,3-6,10H2,1-2H3. The van der Waals surface area contributed by atoms with E-state index in [0.29, 0.717) is 12.5 Å². The van der Waals surface area contributed by atoms with E-state index in [4.69, 9.17) is 5.73 Å². The number of nitrogens with zero attached hydrogens (tertiary/aromatic N) is 1. The van der Waals surface area contributed by atoms with Crippen molar-refractivity contribution in [1.82, 2.24) is 4.90 Å². The van der Waals surface area contributed by atoms with Gasteiger partial charge in [-0.2, -0.15) is 11.8 Å². The van der Waals surface area contributed by atoms with Gasteiger partial charge in [0.05, 0.1) is 0 Å². The van der Waals surface area contributed by atoms with Gasteiger partial charge in [-0.15, -0.1) is 0 Å². The van der Waals surface area contributed by atoms with Crippen molar-refractivity contribution in [3.05, 3.63) is 0 Å². The molecule has 0 saturated carbocycles. The normalized spacial score (nSPS) is 25.3. The summed E-state index contributed by atoms with van der Waals surface area (Å²) in [5.74, 6) is 1.33. The first-order valence-electron chi connectivity index (χ1n) is 4.69. The molecule has 1 aliphatic heterocycles. The van der Waals surface area contributed by atoms with E-state index in [2.05, 4.69) is 13.2 Å². The molecule has 1 amide bonds.